The fraction of sp³-hybridized carbons (Fsp3) is 0.0667. The summed E-state index contributed by atoms with van der Waals surface area (Å²) in [5.41, 5.74) is 1.88. The Hall–Kier alpha value is -2.51. The van der Waals surface area contributed by atoms with E-state index in [0.29, 0.717) is 5.69 Å². The Morgan fingerprint density at radius 1 is 1.00 bits per heavy atom. The van der Waals surface area contributed by atoms with Gasteiger partial charge in [0.15, 0.2) is 0 Å². The van der Waals surface area contributed by atoms with Crippen LogP contribution in [0.5, 0.6) is 5.75 Å². The molecule has 2 amide bonds. The Kier molecular flexibility index (Phi) is 3.51. The fourth-order valence-electron chi connectivity index (χ4n) is 2.28. The lowest BCUT2D eigenvalue weighted by atomic mass is 10.1. The highest BCUT2D eigenvalue weighted by molar-refractivity contribution is 7.74. The van der Waals surface area contributed by atoms with Crippen LogP contribution < -0.4 is 9.08 Å². The number of fused-ring (bicyclic) bond motifs is 1. The van der Waals surface area contributed by atoms with E-state index < -0.39 is 23.2 Å². The van der Waals surface area contributed by atoms with E-state index in [4.69, 9.17) is 4.55 Å². The number of benzene rings is 2. The van der Waals surface area contributed by atoms with Gasteiger partial charge >= 0.3 is 11.4 Å². The first-order valence-electron chi connectivity index (χ1n) is 6.36. The topological polar surface area (TPSA) is 83.9 Å². The van der Waals surface area contributed by atoms with Crippen LogP contribution in [0.3, 0.4) is 0 Å². The smallest absolute Gasteiger partial charge is 0.357 e. The highest BCUT2D eigenvalue weighted by Gasteiger charge is 2.37. The lowest BCUT2D eigenvalue weighted by Crippen LogP contribution is -2.29. The van der Waals surface area contributed by atoms with Crippen molar-refractivity contribution in [2.75, 3.05) is 4.90 Å². The van der Waals surface area contributed by atoms with Gasteiger partial charge in [0.1, 0.15) is 5.75 Å². The summed E-state index contributed by atoms with van der Waals surface area (Å²) in [5, 5.41) is 0. The van der Waals surface area contributed by atoms with Gasteiger partial charge in [-0.1, -0.05) is 17.7 Å². The number of carbonyl (C=O) groups excluding carboxylic acids is 2. The zero-order valence-corrected chi connectivity index (χ0v) is 12.3. The molecular formula is C15H11NO5S. The van der Waals surface area contributed by atoms with Gasteiger partial charge in [-0.15, -0.1) is 0 Å². The van der Waals surface area contributed by atoms with Crippen molar-refractivity contribution in [3.05, 3.63) is 59.2 Å². The van der Waals surface area contributed by atoms with E-state index in [1.54, 1.807) is 12.1 Å². The molecule has 2 aromatic carbocycles. The van der Waals surface area contributed by atoms with Crippen molar-refractivity contribution in [3.8, 4) is 5.75 Å². The molecule has 1 aliphatic heterocycles. The van der Waals surface area contributed by atoms with E-state index in [1.165, 1.54) is 18.2 Å². The van der Waals surface area contributed by atoms with Crippen LogP contribution in [0.15, 0.2) is 42.5 Å². The fourth-order valence-corrected chi connectivity index (χ4v) is 2.55. The summed E-state index contributed by atoms with van der Waals surface area (Å²) in [6, 6.07) is 11.1. The Labute approximate surface area is 128 Å². The first kappa shape index (κ1) is 14.4. The van der Waals surface area contributed by atoms with E-state index in [2.05, 4.69) is 4.18 Å². The van der Waals surface area contributed by atoms with Gasteiger partial charge in [-0.2, -0.15) is 4.21 Å². The molecule has 0 fully saturated rings. The number of carbonyl (C=O) groups is 2. The van der Waals surface area contributed by atoms with Crippen LogP contribution in [0.1, 0.15) is 26.3 Å². The summed E-state index contributed by atoms with van der Waals surface area (Å²) in [5.74, 6) is -0.870. The molecular weight excluding hydrogens is 306 g/mol. The molecule has 22 heavy (non-hydrogen) atoms. The molecule has 1 unspecified atom stereocenters. The Morgan fingerprint density at radius 2 is 1.64 bits per heavy atom. The van der Waals surface area contributed by atoms with Gasteiger partial charge in [-0.05, 0) is 37.3 Å². The molecule has 0 saturated heterocycles. The molecule has 0 aromatic heterocycles. The monoisotopic (exact) mass is 317 g/mol. The zero-order chi connectivity index (χ0) is 15.9. The van der Waals surface area contributed by atoms with Crippen LogP contribution in [-0.4, -0.2) is 20.6 Å². The third-order valence-electron chi connectivity index (χ3n) is 3.32. The number of amides is 2. The first-order valence-corrected chi connectivity index (χ1v) is 7.39. The van der Waals surface area contributed by atoms with Crippen LogP contribution in [0.4, 0.5) is 5.69 Å². The van der Waals surface area contributed by atoms with Crippen molar-refractivity contribution in [1.82, 2.24) is 0 Å². The van der Waals surface area contributed by atoms with Gasteiger partial charge in [-0.3, -0.25) is 14.1 Å². The largest absolute Gasteiger partial charge is 0.380 e. The highest BCUT2D eigenvalue weighted by Crippen LogP contribution is 2.31. The van der Waals surface area contributed by atoms with Gasteiger partial charge < -0.3 is 4.18 Å². The third-order valence-corrected chi connectivity index (χ3v) is 3.65. The second-order valence-electron chi connectivity index (χ2n) is 4.79. The van der Waals surface area contributed by atoms with Gasteiger partial charge in [0.25, 0.3) is 11.8 Å². The van der Waals surface area contributed by atoms with E-state index in [1.807, 2.05) is 19.1 Å². The Bertz CT molecular complexity index is 800. The zero-order valence-electron chi connectivity index (χ0n) is 11.5. The normalized spacial score (nSPS) is 14.9. The van der Waals surface area contributed by atoms with Gasteiger partial charge in [0.2, 0.25) is 0 Å². The summed E-state index contributed by atoms with van der Waals surface area (Å²) in [6.07, 6.45) is 0. The molecule has 0 bridgehead atoms. The maximum absolute atomic E-state index is 12.4. The lowest BCUT2D eigenvalue weighted by molar-refractivity contribution is 0.0926. The van der Waals surface area contributed by atoms with E-state index >= 15 is 0 Å². The third kappa shape index (κ3) is 2.40. The summed E-state index contributed by atoms with van der Waals surface area (Å²) < 4.78 is 24.0. The molecule has 3 rings (SSSR count). The SMILES string of the molecule is Cc1ccc(N2C(=O)c3ccc(OS(=O)O)cc3C2=O)cc1. The number of anilines is 1. The predicted molar refractivity (Wildman–Crippen MR) is 80.2 cm³/mol. The predicted octanol–water partition coefficient (Wildman–Crippen LogP) is 2.31. The van der Waals surface area contributed by atoms with Crippen molar-refractivity contribution in [3.63, 3.8) is 0 Å². The first-order chi connectivity index (χ1) is 10.5. The highest BCUT2D eigenvalue weighted by atomic mass is 32.2. The molecule has 112 valence electrons. The number of imide groups is 1. The van der Waals surface area contributed by atoms with Crippen molar-refractivity contribution >= 4 is 28.9 Å². The quantitative estimate of drug-likeness (QED) is 0.694. The summed E-state index contributed by atoms with van der Waals surface area (Å²) >= 11 is -2.49. The minimum atomic E-state index is -2.49. The number of nitrogens with zero attached hydrogens (tertiary/aromatic N) is 1. The second kappa shape index (κ2) is 5.36. The van der Waals surface area contributed by atoms with Crippen LogP contribution >= 0.6 is 0 Å². The standard InChI is InChI=1S/C15H11NO5S/c1-9-2-4-10(5-3-9)16-14(17)12-7-6-11(21-22(19)20)8-13(12)15(16)18/h2-8H,1H3,(H,19,20). The second-order valence-corrected chi connectivity index (χ2v) is 5.39. The molecule has 0 aliphatic carbocycles. The maximum Gasteiger partial charge on any atom is 0.357 e. The summed E-state index contributed by atoms with van der Waals surface area (Å²) in [7, 11) is 0. The molecule has 1 heterocycles. The summed E-state index contributed by atoms with van der Waals surface area (Å²) in [4.78, 5) is 25.9. The Morgan fingerprint density at radius 3 is 2.27 bits per heavy atom. The van der Waals surface area contributed by atoms with E-state index in [9.17, 15) is 13.8 Å². The molecule has 1 aliphatic rings. The molecule has 6 nitrogen and oxygen atoms in total. The van der Waals surface area contributed by atoms with Crippen molar-refractivity contribution in [2.45, 2.75) is 6.92 Å². The van der Waals surface area contributed by atoms with Crippen LogP contribution in [0.25, 0.3) is 0 Å². The van der Waals surface area contributed by atoms with Crippen LogP contribution in [-0.2, 0) is 11.4 Å². The molecule has 0 radical (unpaired) electrons. The van der Waals surface area contributed by atoms with Crippen LogP contribution in [0, 0.1) is 6.92 Å². The van der Waals surface area contributed by atoms with Gasteiger partial charge in [-0.25, -0.2) is 4.90 Å². The van der Waals surface area contributed by atoms with Crippen molar-refractivity contribution in [1.29, 1.82) is 0 Å². The number of rotatable bonds is 3. The Balaban J connectivity index is 2.01. The average Bonchev–Trinajstić information content (AvgIpc) is 2.71. The van der Waals surface area contributed by atoms with Crippen LogP contribution in [0.2, 0.25) is 0 Å². The van der Waals surface area contributed by atoms with Crippen molar-refractivity contribution < 1.29 is 22.5 Å². The van der Waals surface area contributed by atoms with E-state index in [0.717, 1.165) is 10.5 Å². The minimum Gasteiger partial charge on any atom is -0.380 e. The maximum atomic E-state index is 12.4. The number of hydrogen-bond donors (Lipinski definition) is 1. The molecule has 1 atom stereocenters. The van der Waals surface area contributed by atoms with Crippen molar-refractivity contribution in [2.24, 2.45) is 0 Å². The molecule has 2 aromatic rings. The molecule has 1 N–H and O–H groups in total. The summed E-state index contributed by atoms with van der Waals surface area (Å²) in [6.45, 7) is 1.91. The molecule has 0 spiro atoms. The number of hydrogen-bond acceptors (Lipinski definition) is 4. The van der Waals surface area contributed by atoms with Gasteiger partial charge in [0, 0.05) is 0 Å². The molecule has 7 heteroatoms. The minimum absolute atomic E-state index is 0.0477. The molecule has 0 saturated carbocycles. The lowest BCUT2D eigenvalue weighted by Gasteiger charge is -2.13. The van der Waals surface area contributed by atoms with E-state index in [-0.39, 0.29) is 16.9 Å². The van der Waals surface area contributed by atoms with Gasteiger partial charge in [0.05, 0.1) is 16.8 Å². The number of aryl methyl sites for hydroxylation is 1. The average molecular weight is 317 g/mol.